The van der Waals surface area contributed by atoms with E-state index in [1.54, 1.807) is 11.1 Å². The summed E-state index contributed by atoms with van der Waals surface area (Å²) in [5, 5.41) is 0. The van der Waals surface area contributed by atoms with E-state index in [2.05, 4.69) is 30.2 Å². The van der Waals surface area contributed by atoms with Crippen LogP contribution in [-0.4, -0.2) is 0 Å². The summed E-state index contributed by atoms with van der Waals surface area (Å²) in [4.78, 5) is 0. The Morgan fingerprint density at radius 1 is 1.15 bits per heavy atom. The second-order valence-electron chi connectivity index (χ2n) is 7.29. The average Bonchev–Trinajstić information content (AvgIpc) is 2.91. The molecule has 0 bridgehead atoms. The molecule has 20 heavy (non-hydrogen) atoms. The van der Waals surface area contributed by atoms with Gasteiger partial charge in [-0.3, -0.25) is 0 Å². The minimum Gasteiger partial charge on any atom is -0.120 e. The summed E-state index contributed by atoms with van der Waals surface area (Å²) in [5.41, 5.74) is 3.81. The lowest BCUT2D eigenvalue weighted by atomic mass is 9.54. The van der Waals surface area contributed by atoms with Crippen molar-refractivity contribution in [2.45, 2.75) is 57.3 Å². The maximum Gasteiger partial charge on any atom is 0.0145 e. The van der Waals surface area contributed by atoms with Crippen LogP contribution in [0.15, 0.2) is 24.3 Å². The van der Waals surface area contributed by atoms with Crippen molar-refractivity contribution in [1.29, 1.82) is 0 Å². The number of benzene rings is 1. The van der Waals surface area contributed by atoms with Gasteiger partial charge in [0.1, 0.15) is 0 Å². The van der Waals surface area contributed by atoms with Crippen molar-refractivity contribution in [3.05, 3.63) is 35.4 Å². The molecule has 0 unspecified atom stereocenters. The Balaban J connectivity index is 1.70. The van der Waals surface area contributed by atoms with E-state index in [0.717, 1.165) is 24.2 Å². The molecular formula is C20H24. The van der Waals surface area contributed by atoms with Gasteiger partial charge in [0.2, 0.25) is 0 Å². The van der Waals surface area contributed by atoms with Crippen LogP contribution in [0.1, 0.15) is 62.0 Å². The Bertz CT molecular complexity index is 549. The van der Waals surface area contributed by atoms with Crippen molar-refractivity contribution in [3.63, 3.8) is 0 Å². The van der Waals surface area contributed by atoms with Crippen LogP contribution in [-0.2, 0) is 6.42 Å². The smallest absolute Gasteiger partial charge is 0.0145 e. The van der Waals surface area contributed by atoms with Crippen LogP contribution < -0.4 is 0 Å². The lowest BCUT2D eigenvalue weighted by Crippen LogP contribution is -2.41. The number of terminal acetylenes is 1. The van der Waals surface area contributed by atoms with E-state index in [4.69, 9.17) is 6.42 Å². The predicted octanol–water partition coefficient (Wildman–Crippen LogP) is 4.94. The minimum atomic E-state index is 0.516. The highest BCUT2D eigenvalue weighted by molar-refractivity contribution is 5.34. The second kappa shape index (κ2) is 4.66. The van der Waals surface area contributed by atoms with Crippen molar-refractivity contribution in [3.8, 4) is 12.3 Å². The monoisotopic (exact) mass is 264 g/mol. The van der Waals surface area contributed by atoms with E-state index in [1.165, 1.54) is 44.9 Å². The maximum atomic E-state index is 5.70. The summed E-state index contributed by atoms with van der Waals surface area (Å²) < 4.78 is 0. The van der Waals surface area contributed by atoms with Crippen LogP contribution in [0.2, 0.25) is 0 Å². The van der Waals surface area contributed by atoms with Crippen molar-refractivity contribution < 1.29 is 0 Å². The highest BCUT2D eigenvalue weighted by atomic mass is 14.6. The lowest BCUT2D eigenvalue weighted by Gasteiger charge is -2.50. The van der Waals surface area contributed by atoms with Gasteiger partial charge >= 0.3 is 0 Å². The van der Waals surface area contributed by atoms with Crippen LogP contribution in [0.4, 0.5) is 0 Å². The van der Waals surface area contributed by atoms with Crippen LogP contribution in [0, 0.1) is 29.6 Å². The lowest BCUT2D eigenvalue weighted by molar-refractivity contribution is 0.0483. The summed E-state index contributed by atoms with van der Waals surface area (Å²) in [5.74, 6) is 5.66. The maximum absolute atomic E-state index is 5.70. The fourth-order valence-corrected chi connectivity index (χ4v) is 5.83. The molecule has 2 fully saturated rings. The minimum absolute atomic E-state index is 0.516. The Hall–Kier alpha value is -1.22. The molecule has 4 atom stereocenters. The van der Waals surface area contributed by atoms with E-state index >= 15 is 0 Å². The molecule has 104 valence electrons. The predicted molar refractivity (Wildman–Crippen MR) is 83.5 cm³/mol. The molecule has 0 heterocycles. The highest BCUT2D eigenvalue weighted by Gasteiger charge is 2.52. The van der Waals surface area contributed by atoms with Gasteiger partial charge in [-0.2, -0.15) is 0 Å². The van der Waals surface area contributed by atoms with Gasteiger partial charge in [0, 0.05) is 6.42 Å². The largest absolute Gasteiger partial charge is 0.120 e. The molecule has 0 aliphatic heterocycles. The van der Waals surface area contributed by atoms with Crippen molar-refractivity contribution in [1.82, 2.24) is 0 Å². The quantitative estimate of drug-likeness (QED) is 0.630. The fraction of sp³-hybridized carbons (Fsp3) is 0.600. The highest BCUT2D eigenvalue weighted by Crippen LogP contribution is 2.62. The average molecular weight is 264 g/mol. The molecule has 3 aliphatic rings. The summed E-state index contributed by atoms with van der Waals surface area (Å²) >= 11 is 0. The number of rotatable bonds is 1. The zero-order valence-electron chi connectivity index (χ0n) is 12.3. The number of fused-ring (bicyclic) bond motifs is 5. The standard InChI is InChI=1S/C20H24/c1-2-12-20-13-5-8-19(20)18-10-9-15-6-3-4-7-16(15)17(18)11-14-20/h1,3-4,6-7,17-19H,5,8-14H2/t17-,18-,19+,20+/m1/s1. The van der Waals surface area contributed by atoms with Crippen molar-refractivity contribution in [2.24, 2.45) is 17.3 Å². The summed E-state index contributed by atoms with van der Waals surface area (Å²) in [6.07, 6.45) is 16.4. The third-order valence-corrected chi connectivity index (χ3v) is 6.62. The van der Waals surface area contributed by atoms with Gasteiger partial charge in [-0.25, -0.2) is 0 Å². The van der Waals surface area contributed by atoms with E-state index in [0.29, 0.717) is 5.41 Å². The van der Waals surface area contributed by atoms with Crippen LogP contribution in [0.5, 0.6) is 0 Å². The SMILES string of the molecule is C#CC[C@@]12CCC[C@H]1[C@@H]1CCc3ccccc3[C@H]1CC2. The zero-order chi connectivity index (χ0) is 13.6. The van der Waals surface area contributed by atoms with Crippen LogP contribution in [0.3, 0.4) is 0 Å². The molecule has 0 amide bonds. The zero-order valence-corrected chi connectivity index (χ0v) is 12.3. The first-order chi connectivity index (χ1) is 9.84. The molecule has 0 nitrogen and oxygen atoms in total. The van der Waals surface area contributed by atoms with Crippen LogP contribution >= 0.6 is 0 Å². The molecule has 1 aromatic carbocycles. The van der Waals surface area contributed by atoms with Gasteiger partial charge in [-0.05, 0) is 72.8 Å². The molecule has 2 saturated carbocycles. The third-order valence-electron chi connectivity index (χ3n) is 6.62. The molecular weight excluding hydrogens is 240 g/mol. The van der Waals surface area contributed by atoms with Gasteiger partial charge < -0.3 is 0 Å². The second-order valence-corrected chi connectivity index (χ2v) is 7.29. The molecule has 3 aliphatic carbocycles. The number of hydrogen-bond acceptors (Lipinski definition) is 0. The van der Waals surface area contributed by atoms with E-state index < -0.39 is 0 Å². The molecule has 4 rings (SSSR count). The Morgan fingerprint density at radius 2 is 2.05 bits per heavy atom. The molecule has 0 spiro atoms. The van der Waals surface area contributed by atoms with E-state index in [-0.39, 0.29) is 0 Å². The molecule has 0 N–H and O–H groups in total. The molecule has 0 radical (unpaired) electrons. The third kappa shape index (κ3) is 1.69. The number of hydrogen-bond donors (Lipinski definition) is 0. The van der Waals surface area contributed by atoms with Crippen LogP contribution in [0.25, 0.3) is 0 Å². The molecule has 0 saturated heterocycles. The van der Waals surface area contributed by atoms with Gasteiger partial charge in [-0.15, -0.1) is 12.3 Å². The van der Waals surface area contributed by atoms with E-state index in [9.17, 15) is 0 Å². The summed E-state index contributed by atoms with van der Waals surface area (Å²) in [6.45, 7) is 0. The molecule has 0 aromatic heterocycles. The molecule has 0 heteroatoms. The van der Waals surface area contributed by atoms with Crippen molar-refractivity contribution in [2.75, 3.05) is 0 Å². The first-order valence-electron chi connectivity index (χ1n) is 8.35. The van der Waals surface area contributed by atoms with Gasteiger partial charge in [0.15, 0.2) is 0 Å². The summed E-state index contributed by atoms with van der Waals surface area (Å²) in [7, 11) is 0. The Kier molecular flexibility index (Phi) is 2.92. The van der Waals surface area contributed by atoms with Gasteiger partial charge in [-0.1, -0.05) is 30.7 Å². The molecule has 1 aromatic rings. The Labute approximate surface area is 123 Å². The summed E-state index contributed by atoms with van der Waals surface area (Å²) in [6, 6.07) is 9.19. The Morgan fingerprint density at radius 3 is 2.95 bits per heavy atom. The van der Waals surface area contributed by atoms with Gasteiger partial charge in [0.05, 0.1) is 0 Å². The van der Waals surface area contributed by atoms with Crippen molar-refractivity contribution >= 4 is 0 Å². The van der Waals surface area contributed by atoms with E-state index in [1.807, 2.05) is 0 Å². The first-order valence-corrected chi connectivity index (χ1v) is 8.35. The first kappa shape index (κ1) is 12.5. The number of aryl methyl sites for hydroxylation is 1. The van der Waals surface area contributed by atoms with Gasteiger partial charge in [0.25, 0.3) is 0 Å². The normalized spacial score (nSPS) is 38.5. The fourth-order valence-electron chi connectivity index (χ4n) is 5.83. The topological polar surface area (TPSA) is 0 Å².